The number of anilines is 2. The topological polar surface area (TPSA) is 111 Å². The lowest BCUT2D eigenvalue weighted by molar-refractivity contribution is -0.274. The lowest BCUT2D eigenvalue weighted by Gasteiger charge is -2.18. The zero-order valence-electron chi connectivity index (χ0n) is 21.3. The largest absolute Gasteiger partial charge is 0.573 e. The Labute approximate surface area is 239 Å². The fourth-order valence-electron chi connectivity index (χ4n) is 4.40. The Morgan fingerprint density at radius 2 is 1.93 bits per heavy atom. The molecule has 3 heterocycles. The molecule has 42 heavy (non-hydrogen) atoms. The number of carbonyl (C=O) groups excluding carboxylic acids is 2. The number of carbonyl (C=O) groups is 2. The van der Waals surface area contributed by atoms with Crippen molar-refractivity contribution in [3.8, 4) is 28.6 Å². The van der Waals surface area contributed by atoms with Gasteiger partial charge in [0.05, 0.1) is 29.4 Å². The molecule has 0 unspecified atom stereocenters. The molecule has 6 rings (SSSR count). The smallest absolute Gasteiger partial charge is 0.493 e. The number of urea groups is 1. The van der Waals surface area contributed by atoms with E-state index < -0.39 is 18.2 Å². The predicted octanol–water partition coefficient (Wildman–Crippen LogP) is 5.57. The van der Waals surface area contributed by atoms with Gasteiger partial charge in [-0.05, 0) is 54.6 Å². The minimum absolute atomic E-state index is 0.102. The highest BCUT2D eigenvalue weighted by Crippen LogP contribution is 2.37. The Bertz CT molecular complexity index is 1720. The van der Waals surface area contributed by atoms with Gasteiger partial charge in [0.1, 0.15) is 23.6 Å². The zero-order valence-corrected chi connectivity index (χ0v) is 22.1. The van der Waals surface area contributed by atoms with Crippen LogP contribution in [-0.4, -0.2) is 50.6 Å². The average molecular weight is 599 g/mol. The zero-order chi connectivity index (χ0) is 29.4. The monoisotopic (exact) mass is 598 g/mol. The first kappa shape index (κ1) is 27.3. The van der Waals surface area contributed by atoms with Crippen LogP contribution in [0.4, 0.5) is 33.7 Å². The first-order valence-corrected chi connectivity index (χ1v) is 13.3. The maximum absolute atomic E-state index is 15.0. The van der Waals surface area contributed by atoms with E-state index in [4.69, 9.17) is 4.74 Å². The Morgan fingerprint density at radius 3 is 2.69 bits per heavy atom. The summed E-state index contributed by atoms with van der Waals surface area (Å²) in [4.78, 5) is 34.9. The number of thioether (sulfide) groups is 1. The van der Waals surface area contributed by atoms with Crippen molar-refractivity contribution in [2.45, 2.75) is 12.8 Å². The molecule has 1 N–H and O–H groups in total. The van der Waals surface area contributed by atoms with Crippen molar-refractivity contribution in [3.05, 3.63) is 78.4 Å². The molecule has 0 aliphatic carbocycles. The summed E-state index contributed by atoms with van der Waals surface area (Å²) in [5.41, 5.74) is 1.99. The van der Waals surface area contributed by atoms with Crippen molar-refractivity contribution in [1.82, 2.24) is 14.8 Å². The third-order valence-electron chi connectivity index (χ3n) is 6.22. The predicted molar refractivity (Wildman–Crippen MR) is 145 cm³/mol. The van der Waals surface area contributed by atoms with Gasteiger partial charge in [-0.3, -0.25) is 9.69 Å². The van der Waals surface area contributed by atoms with Gasteiger partial charge in [0.2, 0.25) is 5.91 Å². The molecular formula is C27H18F4N6O4S. The van der Waals surface area contributed by atoms with E-state index in [2.05, 4.69) is 25.1 Å². The minimum Gasteiger partial charge on any atom is -0.493 e. The number of halogens is 4. The third-order valence-corrected chi connectivity index (χ3v) is 7.14. The van der Waals surface area contributed by atoms with Crippen LogP contribution in [0.15, 0.2) is 72.0 Å². The molecular weight excluding hydrogens is 580 g/mol. The van der Waals surface area contributed by atoms with Gasteiger partial charge in [0, 0.05) is 17.5 Å². The quantitative estimate of drug-likeness (QED) is 0.299. The Hall–Kier alpha value is -4.92. The van der Waals surface area contributed by atoms with Gasteiger partial charge in [-0.2, -0.15) is 4.99 Å². The molecule has 0 radical (unpaired) electrons. The lowest BCUT2D eigenvalue weighted by Crippen LogP contribution is -2.31. The highest BCUT2D eigenvalue weighted by molar-refractivity contribution is 8.15. The minimum atomic E-state index is -4.81. The van der Waals surface area contributed by atoms with Crippen molar-refractivity contribution >= 4 is 40.2 Å². The summed E-state index contributed by atoms with van der Waals surface area (Å²) in [6, 6.07) is 13.4. The van der Waals surface area contributed by atoms with E-state index in [1.807, 2.05) is 6.07 Å². The summed E-state index contributed by atoms with van der Waals surface area (Å²) in [6.07, 6.45) is -2.87. The van der Waals surface area contributed by atoms with E-state index in [0.717, 1.165) is 35.5 Å². The molecule has 0 spiro atoms. The summed E-state index contributed by atoms with van der Waals surface area (Å²) >= 11 is 1.10. The normalized spacial score (nSPS) is 15.6. The maximum Gasteiger partial charge on any atom is 0.573 e. The van der Waals surface area contributed by atoms with E-state index in [0.29, 0.717) is 30.2 Å². The number of amidine groups is 1. The van der Waals surface area contributed by atoms with Gasteiger partial charge < -0.3 is 14.8 Å². The fraction of sp³-hybridized carbons (Fsp3) is 0.148. The Morgan fingerprint density at radius 1 is 1.12 bits per heavy atom. The van der Waals surface area contributed by atoms with E-state index in [9.17, 15) is 27.2 Å². The number of amides is 3. The molecule has 0 bridgehead atoms. The number of alkyl halides is 3. The van der Waals surface area contributed by atoms with Gasteiger partial charge in [-0.25, -0.2) is 18.9 Å². The van der Waals surface area contributed by atoms with Crippen molar-refractivity contribution in [1.29, 1.82) is 0 Å². The first-order valence-electron chi connectivity index (χ1n) is 12.3. The second-order valence-corrected chi connectivity index (χ2v) is 9.89. The van der Waals surface area contributed by atoms with Crippen LogP contribution < -0.4 is 19.7 Å². The molecule has 15 heteroatoms. The summed E-state index contributed by atoms with van der Waals surface area (Å²) in [5.74, 6) is -0.490. The van der Waals surface area contributed by atoms with Crippen LogP contribution in [0.5, 0.6) is 11.5 Å². The Kier molecular flexibility index (Phi) is 7.02. The molecule has 3 amide bonds. The number of aromatic nitrogens is 3. The van der Waals surface area contributed by atoms with Crippen molar-refractivity contribution in [2.75, 3.05) is 22.6 Å². The van der Waals surface area contributed by atoms with Crippen LogP contribution in [0, 0.1) is 5.82 Å². The average Bonchev–Trinajstić information content (AvgIpc) is 3.70. The number of nitrogens with one attached hydrogen (secondary N) is 1. The third kappa shape index (κ3) is 5.63. The number of aliphatic imine (C=N–C) groups is 1. The Balaban J connectivity index is 1.16. The fourth-order valence-corrected chi connectivity index (χ4v) is 5.26. The molecule has 214 valence electrons. The lowest BCUT2D eigenvalue weighted by atomic mass is 10.1. The number of benzene rings is 3. The molecule has 1 fully saturated rings. The second kappa shape index (κ2) is 10.8. The maximum atomic E-state index is 15.0. The number of rotatable bonds is 5. The number of ether oxygens (including phenoxy) is 2. The summed E-state index contributed by atoms with van der Waals surface area (Å²) in [5, 5.41) is 6.80. The van der Waals surface area contributed by atoms with E-state index in [-0.39, 0.29) is 39.7 Å². The summed E-state index contributed by atoms with van der Waals surface area (Å²) in [6.45, 7) is 0.493. The molecule has 10 nitrogen and oxygen atoms in total. The molecule has 1 aromatic heterocycles. The van der Waals surface area contributed by atoms with Crippen molar-refractivity contribution in [2.24, 2.45) is 4.99 Å². The SMILES string of the molecule is O=C(N=C1SCC(=O)N1c1cccc2c1CCO2)Nc1ccc(-c2ncn(-c3ccc(OC(F)(F)F)cc3)n2)cc1F. The standard InChI is InChI=1S/C27H18F4N6O4S/c28-19-12-15(24-32-14-36(35-24)16-5-7-17(8-6-16)41-27(29,30)31)4-9-20(19)33-25(39)34-26-37(23(38)13-42-26)21-2-1-3-22-18(21)10-11-40-22/h1-9,12,14H,10-11,13H2,(H,33,39). The van der Waals surface area contributed by atoms with Crippen LogP contribution in [0.25, 0.3) is 17.1 Å². The number of fused-ring (bicyclic) bond motifs is 1. The van der Waals surface area contributed by atoms with Gasteiger partial charge >= 0.3 is 12.4 Å². The molecule has 1 saturated heterocycles. The molecule has 3 aromatic carbocycles. The van der Waals surface area contributed by atoms with Crippen LogP contribution in [-0.2, 0) is 11.2 Å². The van der Waals surface area contributed by atoms with E-state index in [1.165, 1.54) is 40.2 Å². The van der Waals surface area contributed by atoms with Gasteiger partial charge in [0.15, 0.2) is 11.0 Å². The number of hydrogen-bond donors (Lipinski definition) is 1. The van der Waals surface area contributed by atoms with Gasteiger partial charge in [0.25, 0.3) is 0 Å². The van der Waals surface area contributed by atoms with Crippen LogP contribution in [0.2, 0.25) is 0 Å². The van der Waals surface area contributed by atoms with Crippen LogP contribution in [0.3, 0.4) is 0 Å². The molecule has 4 aromatic rings. The summed E-state index contributed by atoms with van der Waals surface area (Å²) < 4.78 is 62.8. The van der Waals surface area contributed by atoms with E-state index in [1.54, 1.807) is 12.1 Å². The van der Waals surface area contributed by atoms with Gasteiger partial charge in [-0.15, -0.1) is 18.3 Å². The first-order chi connectivity index (χ1) is 20.1. The van der Waals surface area contributed by atoms with Crippen LogP contribution >= 0.6 is 11.8 Å². The van der Waals surface area contributed by atoms with Gasteiger partial charge in [-0.1, -0.05) is 17.8 Å². The highest BCUT2D eigenvalue weighted by atomic mass is 32.2. The summed E-state index contributed by atoms with van der Waals surface area (Å²) in [7, 11) is 0. The van der Waals surface area contributed by atoms with E-state index >= 15 is 0 Å². The van der Waals surface area contributed by atoms with Crippen molar-refractivity contribution < 1.29 is 36.6 Å². The van der Waals surface area contributed by atoms with Crippen LogP contribution in [0.1, 0.15) is 5.56 Å². The number of nitrogens with zero attached hydrogens (tertiary/aromatic N) is 5. The second-order valence-electron chi connectivity index (χ2n) is 8.94. The molecule has 0 saturated carbocycles. The molecule has 0 atom stereocenters. The molecule has 2 aliphatic rings. The van der Waals surface area contributed by atoms with Crippen molar-refractivity contribution in [3.63, 3.8) is 0 Å². The molecule has 2 aliphatic heterocycles. The highest BCUT2D eigenvalue weighted by Gasteiger charge is 2.34. The number of hydrogen-bond acceptors (Lipinski definition) is 7.